The van der Waals surface area contributed by atoms with Crippen LogP contribution in [0.5, 0.6) is 11.5 Å². The lowest BCUT2D eigenvalue weighted by Gasteiger charge is -2.32. The molecule has 0 amide bonds. The second kappa shape index (κ2) is 13.1. The van der Waals surface area contributed by atoms with E-state index in [1.54, 1.807) is 25.4 Å². The highest BCUT2D eigenvalue weighted by Crippen LogP contribution is 2.41. The zero-order valence-corrected chi connectivity index (χ0v) is 28.9. The number of carbonyl (C=O) groups is 1. The van der Waals surface area contributed by atoms with Gasteiger partial charge in [-0.25, -0.2) is 22.2 Å². The summed E-state index contributed by atoms with van der Waals surface area (Å²) < 4.78 is 64.3. The molecule has 0 aliphatic carbocycles. The monoisotopic (exact) mass is 689 g/mol. The second-order valence-electron chi connectivity index (χ2n) is 14.3. The number of hydrogen-bond acceptors (Lipinski definition) is 5. The summed E-state index contributed by atoms with van der Waals surface area (Å²) in [6, 6.07) is 15.0. The molecule has 2 aromatic heterocycles. The van der Waals surface area contributed by atoms with E-state index >= 15 is 8.78 Å². The van der Waals surface area contributed by atoms with Crippen LogP contribution in [-0.2, 0) is 32.9 Å². The number of ether oxygens (including phenoxy) is 1. The minimum absolute atomic E-state index is 0.0321. The molecule has 0 saturated heterocycles. The van der Waals surface area contributed by atoms with Crippen molar-refractivity contribution >= 4 is 26.7 Å². The Bertz CT molecular complexity index is 2140. The molecule has 3 aromatic carbocycles. The van der Waals surface area contributed by atoms with Gasteiger partial charge in [0.25, 0.3) is 0 Å². The second-order valence-corrected chi connectivity index (χ2v) is 16.5. The number of sulfone groups is 1. The maximum atomic E-state index is 15.6. The number of benzene rings is 3. The lowest BCUT2D eigenvalue weighted by molar-refractivity contribution is -0.141. The van der Waals surface area contributed by atoms with Crippen molar-refractivity contribution in [3.8, 4) is 22.9 Å². The number of aromatic nitrogens is 3. The predicted molar refractivity (Wildman–Crippen MR) is 186 cm³/mol. The highest BCUT2D eigenvalue weighted by molar-refractivity contribution is 7.91. The highest BCUT2D eigenvalue weighted by Gasteiger charge is 2.34. The van der Waals surface area contributed by atoms with Gasteiger partial charge in [0.2, 0.25) is 0 Å². The number of carboxylic acid groups (broad SMARTS) is 1. The van der Waals surface area contributed by atoms with Crippen LogP contribution in [0, 0.1) is 23.0 Å². The number of nitrogens with one attached hydrogen (secondary N) is 2. The SMILES string of the molecule is C[C@H](Cc1cccc(C2(C)CCCC(C)(C)CS(=O)(=O)CCc3c(c(F)cc4[nH]ccc34)Oc3ccc(F)c(c3)-c3ncc2[nH]3)c1)C(=O)O. The van der Waals surface area contributed by atoms with Crippen molar-refractivity contribution in [3.63, 3.8) is 0 Å². The molecular formula is C38H41F2N3O5S. The average molecular weight is 690 g/mol. The van der Waals surface area contributed by atoms with E-state index in [1.807, 2.05) is 38.1 Å². The number of halogens is 2. The minimum atomic E-state index is -3.58. The Hall–Kier alpha value is -4.51. The summed E-state index contributed by atoms with van der Waals surface area (Å²) in [7, 11) is -3.58. The van der Waals surface area contributed by atoms with Gasteiger partial charge in [0, 0.05) is 46.0 Å². The van der Waals surface area contributed by atoms with Crippen LogP contribution in [0.15, 0.2) is 67.0 Å². The van der Waals surface area contributed by atoms with Crippen LogP contribution < -0.4 is 4.74 Å². The first-order valence-corrected chi connectivity index (χ1v) is 18.3. The van der Waals surface area contributed by atoms with Crippen molar-refractivity contribution in [2.75, 3.05) is 11.5 Å². The molecule has 0 spiro atoms. The third-order valence-corrected chi connectivity index (χ3v) is 11.8. The van der Waals surface area contributed by atoms with Crippen LogP contribution in [0.1, 0.15) is 69.3 Å². The molecule has 3 N–H and O–H groups in total. The van der Waals surface area contributed by atoms with Crippen LogP contribution in [0.3, 0.4) is 0 Å². The number of imidazole rings is 1. The molecule has 1 aliphatic rings. The van der Waals surface area contributed by atoms with Gasteiger partial charge < -0.3 is 19.8 Å². The van der Waals surface area contributed by atoms with E-state index in [2.05, 4.69) is 21.9 Å². The van der Waals surface area contributed by atoms with E-state index in [1.165, 1.54) is 24.3 Å². The molecule has 49 heavy (non-hydrogen) atoms. The first-order valence-electron chi connectivity index (χ1n) is 16.5. The molecule has 1 unspecified atom stereocenters. The number of carboxylic acids is 1. The first kappa shape index (κ1) is 34.4. The van der Waals surface area contributed by atoms with Crippen LogP contribution >= 0.6 is 0 Å². The first-order chi connectivity index (χ1) is 23.1. The molecule has 258 valence electrons. The summed E-state index contributed by atoms with van der Waals surface area (Å²) in [6.45, 7) is 7.62. The van der Waals surface area contributed by atoms with Crippen molar-refractivity contribution < 1.29 is 31.8 Å². The van der Waals surface area contributed by atoms with Gasteiger partial charge in [-0.2, -0.15) is 0 Å². The fourth-order valence-corrected chi connectivity index (χ4v) is 9.02. The van der Waals surface area contributed by atoms with Gasteiger partial charge in [-0.15, -0.1) is 0 Å². The normalized spacial score (nSPS) is 20.0. The van der Waals surface area contributed by atoms with Gasteiger partial charge in [-0.05, 0) is 73.4 Å². The number of nitrogens with zero attached hydrogens (tertiary/aromatic N) is 1. The third kappa shape index (κ3) is 7.27. The Kier molecular flexibility index (Phi) is 9.17. The van der Waals surface area contributed by atoms with Crippen LogP contribution in [0.4, 0.5) is 8.78 Å². The van der Waals surface area contributed by atoms with E-state index in [0.29, 0.717) is 42.1 Å². The summed E-state index contributed by atoms with van der Waals surface area (Å²) in [5, 5.41) is 10.2. The van der Waals surface area contributed by atoms with Crippen LogP contribution in [0.25, 0.3) is 22.3 Å². The number of rotatable bonds is 4. The van der Waals surface area contributed by atoms with Crippen LogP contribution in [0.2, 0.25) is 0 Å². The zero-order chi connectivity index (χ0) is 35.1. The number of aryl methyl sites for hydroxylation is 1. The van der Waals surface area contributed by atoms with Crippen LogP contribution in [-0.4, -0.2) is 46.0 Å². The number of aromatic amines is 2. The number of hydrogen-bond donors (Lipinski definition) is 3. The van der Waals surface area contributed by atoms with Crippen molar-refractivity contribution in [2.24, 2.45) is 11.3 Å². The Morgan fingerprint density at radius 2 is 1.86 bits per heavy atom. The summed E-state index contributed by atoms with van der Waals surface area (Å²) in [5.41, 5.74) is 2.36. The fraction of sp³-hybridized carbons (Fsp3) is 0.368. The lowest BCUT2D eigenvalue weighted by Crippen LogP contribution is -2.29. The van der Waals surface area contributed by atoms with Crippen molar-refractivity contribution in [1.29, 1.82) is 0 Å². The van der Waals surface area contributed by atoms with Crippen molar-refractivity contribution in [2.45, 2.75) is 65.2 Å². The molecule has 3 heterocycles. The van der Waals surface area contributed by atoms with Gasteiger partial charge >= 0.3 is 5.97 Å². The number of H-pyrrole nitrogens is 2. The quantitative estimate of drug-likeness (QED) is 0.174. The van der Waals surface area contributed by atoms with E-state index in [4.69, 9.17) is 4.74 Å². The standard InChI is InChI=1S/C38H41F2N3O5S/c1-23(36(44)45)17-24-7-5-8-25(18-24)38(4)14-6-13-37(2,3)22-49(46,47)16-12-28-27-11-15-41-32(27)20-31(40)34(28)48-26-9-10-30(39)29(19-26)35-42-21-33(38)43-35/h5,7-11,15,18-21,23,41H,6,12-14,16-17,22H2,1-4H3,(H,42,43)(H,44,45)/t23-,38?/m1/s1. The van der Waals surface area contributed by atoms with E-state index in [0.717, 1.165) is 16.8 Å². The van der Waals surface area contributed by atoms with Gasteiger partial charge in [-0.1, -0.05) is 51.5 Å². The summed E-state index contributed by atoms with van der Waals surface area (Å²) in [5.74, 6) is -2.57. The summed E-state index contributed by atoms with van der Waals surface area (Å²) >= 11 is 0. The molecule has 1 aliphatic heterocycles. The number of aliphatic carboxylic acids is 1. The average Bonchev–Trinajstić information content (AvgIpc) is 3.71. The Balaban J connectivity index is 1.47. The zero-order valence-electron chi connectivity index (χ0n) is 28.1. The molecule has 2 atom stereocenters. The molecular weight excluding hydrogens is 648 g/mol. The maximum absolute atomic E-state index is 15.6. The topological polar surface area (TPSA) is 125 Å². The largest absolute Gasteiger partial charge is 0.481 e. The molecule has 4 bridgehead atoms. The Morgan fingerprint density at radius 1 is 1.06 bits per heavy atom. The molecule has 5 aromatic rings. The van der Waals surface area contributed by atoms with E-state index in [-0.39, 0.29) is 40.8 Å². The Morgan fingerprint density at radius 3 is 2.63 bits per heavy atom. The Labute approximate surface area is 284 Å². The van der Waals surface area contributed by atoms with Gasteiger partial charge in [0.1, 0.15) is 17.4 Å². The highest BCUT2D eigenvalue weighted by atomic mass is 32.2. The molecule has 8 nitrogen and oxygen atoms in total. The molecule has 0 saturated carbocycles. The van der Waals surface area contributed by atoms with E-state index < -0.39 is 44.2 Å². The number of fused-ring (bicyclic) bond motifs is 8. The van der Waals surface area contributed by atoms with Crippen molar-refractivity contribution in [3.05, 3.63) is 101 Å². The molecule has 11 heteroatoms. The van der Waals surface area contributed by atoms with Gasteiger partial charge in [0.05, 0.1) is 23.0 Å². The third-order valence-electron chi connectivity index (χ3n) is 9.78. The van der Waals surface area contributed by atoms with Gasteiger partial charge in [0.15, 0.2) is 21.4 Å². The van der Waals surface area contributed by atoms with Gasteiger partial charge in [-0.3, -0.25) is 4.79 Å². The maximum Gasteiger partial charge on any atom is 0.306 e. The molecule has 0 fully saturated rings. The predicted octanol–water partition coefficient (Wildman–Crippen LogP) is 8.37. The van der Waals surface area contributed by atoms with E-state index in [9.17, 15) is 18.3 Å². The minimum Gasteiger partial charge on any atom is -0.481 e. The smallest absolute Gasteiger partial charge is 0.306 e. The molecule has 6 rings (SSSR count). The van der Waals surface area contributed by atoms with Crippen molar-refractivity contribution in [1.82, 2.24) is 15.0 Å². The molecule has 0 radical (unpaired) electrons. The fourth-order valence-electron chi connectivity index (χ4n) is 7.02. The summed E-state index contributed by atoms with van der Waals surface area (Å²) in [6.07, 6.45) is 5.61. The summed E-state index contributed by atoms with van der Waals surface area (Å²) in [4.78, 5) is 22.5. The lowest BCUT2D eigenvalue weighted by atomic mass is 9.73.